The predicted octanol–water partition coefficient (Wildman–Crippen LogP) is 1.64. The minimum Gasteiger partial charge on any atom is -0.381 e. The van der Waals surface area contributed by atoms with Gasteiger partial charge >= 0.3 is 0 Å². The van der Waals surface area contributed by atoms with Crippen LogP contribution in [0.25, 0.3) is 0 Å². The van der Waals surface area contributed by atoms with Gasteiger partial charge in [-0.15, -0.1) is 0 Å². The van der Waals surface area contributed by atoms with E-state index in [0.717, 1.165) is 19.4 Å². The molecule has 2 rings (SSSR count). The molecule has 17 heavy (non-hydrogen) atoms. The Kier molecular flexibility index (Phi) is 4.18. The molecule has 2 atom stereocenters. The fourth-order valence-corrected chi connectivity index (χ4v) is 2.50. The van der Waals surface area contributed by atoms with Crippen LogP contribution in [0.1, 0.15) is 37.6 Å². The molecule has 2 unspecified atom stereocenters. The Morgan fingerprint density at radius 2 is 2.35 bits per heavy atom. The number of nitrogens with one attached hydrogen (secondary N) is 1. The summed E-state index contributed by atoms with van der Waals surface area (Å²) in [5, 5.41) is 8.06. The first-order valence-corrected chi connectivity index (χ1v) is 6.51. The van der Waals surface area contributed by atoms with Gasteiger partial charge in [0.05, 0.1) is 17.5 Å². The largest absolute Gasteiger partial charge is 0.381 e. The fraction of sp³-hybridized carbons (Fsp3) is 0.769. The van der Waals surface area contributed by atoms with E-state index < -0.39 is 0 Å². The van der Waals surface area contributed by atoms with E-state index in [1.54, 1.807) is 0 Å². The van der Waals surface area contributed by atoms with Crippen molar-refractivity contribution in [1.29, 1.82) is 0 Å². The van der Waals surface area contributed by atoms with Gasteiger partial charge in [-0.05, 0) is 31.7 Å². The quantitative estimate of drug-likeness (QED) is 0.846. The molecule has 96 valence electrons. The van der Waals surface area contributed by atoms with Crippen molar-refractivity contribution in [3.63, 3.8) is 0 Å². The second kappa shape index (κ2) is 5.65. The topological polar surface area (TPSA) is 39.1 Å². The lowest BCUT2D eigenvalue weighted by atomic mass is 10.2. The molecule has 1 aliphatic rings. The highest BCUT2D eigenvalue weighted by molar-refractivity contribution is 5.10. The van der Waals surface area contributed by atoms with E-state index >= 15 is 0 Å². The Morgan fingerprint density at radius 1 is 1.53 bits per heavy atom. The number of methoxy groups -OCH3 is 1. The zero-order valence-electron chi connectivity index (χ0n) is 11.1. The Balaban J connectivity index is 1.83. The average molecular weight is 237 g/mol. The number of hydrogen-bond acceptors (Lipinski definition) is 3. The minimum absolute atomic E-state index is 0.449. The van der Waals surface area contributed by atoms with E-state index in [2.05, 4.69) is 23.4 Å². The van der Waals surface area contributed by atoms with E-state index in [-0.39, 0.29) is 0 Å². The van der Waals surface area contributed by atoms with E-state index in [1.165, 1.54) is 24.2 Å². The van der Waals surface area contributed by atoms with Crippen LogP contribution in [0, 0.1) is 0 Å². The van der Waals surface area contributed by atoms with Crippen molar-refractivity contribution in [3.05, 3.63) is 17.5 Å². The Bertz CT molecular complexity index is 362. The molecule has 0 aliphatic heterocycles. The number of nitrogens with zero attached hydrogens (tertiary/aromatic N) is 2. The molecule has 0 spiro atoms. The molecule has 4 nitrogen and oxygen atoms in total. The maximum absolute atomic E-state index is 5.38. The van der Waals surface area contributed by atoms with Crippen molar-refractivity contribution in [2.24, 2.45) is 7.05 Å². The summed E-state index contributed by atoms with van der Waals surface area (Å²) in [6.45, 7) is 3.05. The first-order valence-electron chi connectivity index (χ1n) is 6.51. The van der Waals surface area contributed by atoms with Crippen LogP contribution in [0.15, 0.2) is 6.07 Å². The molecule has 0 saturated heterocycles. The summed E-state index contributed by atoms with van der Waals surface area (Å²) >= 11 is 0. The molecule has 1 N–H and O–H groups in total. The molecule has 1 fully saturated rings. The summed E-state index contributed by atoms with van der Waals surface area (Å²) in [5.41, 5.74) is 2.44. The maximum Gasteiger partial charge on any atom is 0.0625 e. The van der Waals surface area contributed by atoms with Gasteiger partial charge < -0.3 is 10.1 Å². The highest BCUT2D eigenvalue weighted by Gasteiger charge is 2.23. The average Bonchev–Trinajstić information content (AvgIpc) is 2.93. The maximum atomic E-state index is 5.38. The Hall–Kier alpha value is -0.870. The summed E-state index contributed by atoms with van der Waals surface area (Å²) in [7, 11) is 3.82. The molecule has 1 aliphatic carbocycles. The van der Waals surface area contributed by atoms with Crippen LogP contribution >= 0.6 is 0 Å². The zero-order chi connectivity index (χ0) is 12.3. The van der Waals surface area contributed by atoms with Gasteiger partial charge in [-0.1, -0.05) is 6.92 Å². The lowest BCUT2D eigenvalue weighted by molar-refractivity contribution is 0.107. The number of hydrogen-bond donors (Lipinski definition) is 1. The number of ether oxygens (including phenoxy) is 1. The predicted molar refractivity (Wildman–Crippen MR) is 67.9 cm³/mol. The summed E-state index contributed by atoms with van der Waals surface area (Å²) < 4.78 is 7.36. The second-order valence-corrected chi connectivity index (χ2v) is 4.85. The normalized spacial score (nSPS) is 24.4. The van der Waals surface area contributed by atoms with Crippen LogP contribution in [0.3, 0.4) is 0 Å². The monoisotopic (exact) mass is 237 g/mol. The first kappa shape index (κ1) is 12.6. The van der Waals surface area contributed by atoms with Gasteiger partial charge in [-0.3, -0.25) is 4.68 Å². The van der Waals surface area contributed by atoms with Gasteiger partial charge in [0.15, 0.2) is 0 Å². The standard InChI is InChI=1S/C13H23N3O/c1-4-10-7-12(16(2)15-10)9-14-11-5-6-13(8-11)17-3/h7,11,13-14H,4-6,8-9H2,1-3H3. The van der Waals surface area contributed by atoms with Gasteiger partial charge in [-0.2, -0.15) is 5.10 Å². The number of rotatable bonds is 5. The highest BCUT2D eigenvalue weighted by Crippen LogP contribution is 2.21. The minimum atomic E-state index is 0.449. The van der Waals surface area contributed by atoms with Crippen LogP contribution in [0.4, 0.5) is 0 Å². The van der Waals surface area contributed by atoms with Gasteiger partial charge in [0.2, 0.25) is 0 Å². The summed E-state index contributed by atoms with van der Waals surface area (Å²) in [6.07, 6.45) is 4.99. The van der Waals surface area contributed by atoms with Crippen LogP contribution in [-0.2, 0) is 24.8 Å². The first-order chi connectivity index (χ1) is 8.22. The van der Waals surface area contributed by atoms with Gasteiger partial charge in [0, 0.05) is 26.7 Å². The van der Waals surface area contributed by atoms with Crippen molar-refractivity contribution in [1.82, 2.24) is 15.1 Å². The van der Waals surface area contributed by atoms with Crippen LogP contribution < -0.4 is 5.32 Å². The van der Waals surface area contributed by atoms with Crippen molar-refractivity contribution < 1.29 is 4.74 Å². The van der Waals surface area contributed by atoms with Crippen LogP contribution in [-0.4, -0.2) is 29.0 Å². The van der Waals surface area contributed by atoms with Gasteiger partial charge in [0.25, 0.3) is 0 Å². The molecular weight excluding hydrogens is 214 g/mol. The van der Waals surface area contributed by atoms with E-state index in [4.69, 9.17) is 4.74 Å². The van der Waals surface area contributed by atoms with E-state index in [9.17, 15) is 0 Å². The summed E-state index contributed by atoms with van der Waals surface area (Å²) in [6, 6.07) is 2.79. The van der Waals surface area contributed by atoms with Crippen LogP contribution in [0.5, 0.6) is 0 Å². The van der Waals surface area contributed by atoms with Crippen LogP contribution in [0.2, 0.25) is 0 Å². The summed E-state index contributed by atoms with van der Waals surface area (Å²) in [5.74, 6) is 0. The smallest absolute Gasteiger partial charge is 0.0625 e. The molecule has 0 radical (unpaired) electrons. The molecule has 1 heterocycles. The lowest BCUT2D eigenvalue weighted by Crippen LogP contribution is -2.27. The number of aryl methyl sites for hydroxylation is 2. The van der Waals surface area contributed by atoms with Gasteiger partial charge in [-0.25, -0.2) is 0 Å². The highest BCUT2D eigenvalue weighted by atomic mass is 16.5. The molecule has 4 heteroatoms. The molecule has 1 aromatic rings. The van der Waals surface area contributed by atoms with E-state index in [1.807, 2.05) is 18.8 Å². The summed E-state index contributed by atoms with van der Waals surface area (Å²) in [4.78, 5) is 0. The molecular formula is C13H23N3O. The molecule has 1 aromatic heterocycles. The van der Waals surface area contributed by atoms with E-state index in [0.29, 0.717) is 12.1 Å². The molecule has 0 amide bonds. The molecule has 0 bridgehead atoms. The van der Waals surface area contributed by atoms with Crippen molar-refractivity contribution in [2.45, 2.75) is 51.3 Å². The zero-order valence-corrected chi connectivity index (χ0v) is 11.1. The van der Waals surface area contributed by atoms with Crippen molar-refractivity contribution >= 4 is 0 Å². The Morgan fingerprint density at radius 3 is 2.94 bits per heavy atom. The molecule has 1 saturated carbocycles. The van der Waals surface area contributed by atoms with Crippen molar-refractivity contribution in [3.8, 4) is 0 Å². The fourth-order valence-electron chi connectivity index (χ4n) is 2.50. The number of aromatic nitrogens is 2. The third kappa shape index (κ3) is 3.07. The van der Waals surface area contributed by atoms with Gasteiger partial charge in [0.1, 0.15) is 0 Å². The second-order valence-electron chi connectivity index (χ2n) is 4.85. The molecule has 0 aromatic carbocycles. The third-order valence-corrected chi connectivity index (χ3v) is 3.68. The Labute approximate surface area is 103 Å². The van der Waals surface area contributed by atoms with Crippen molar-refractivity contribution in [2.75, 3.05) is 7.11 Å². The third-order valence-electron chi connectivity index (χ3n) is 3.68. The SMILES string of the molecule is CCc1cc(CNC2CCC(OC)C2)n(C)n1. The lowest BCUT2D eigenvalue weighted by Gasteiger charge is -2.12.